The van der Waals surface area contributed by atoms with Crippen molar-refractivity contribution in [1.29, 1.82) is 0 Å². The second kappa shape index (κ2) is 7.00. The van der Waals surface area contributed by atoms with E-state index in [0.717, 1.165) is 22.0 Å². The van der Waals surface area contributed by atoms with Gasteiger partial charge in [-0.3, -0.25) is 0 Å². The molecule has 3 aromatic heterocycles. The minimum absolute atomic E-state index is 0.128. The third-order valence-corrected chi connectivity index (χ3v) is 4.58. The topological polar surface area (TPSA) is 104 Å². The quantitative estimate of drug-likeness (QED) is 0.526. The largest absolute Gasteiger partial charge is 0.497 e. The zero-order valence-corrected chi connectivity index (χ0v) is 15.2. The molecule has 4 rings (SSSR count). The number of nitrogens with one attached hydrogen (secondary N) is 1. The molecule has 1 N–H and O–H groups in total. The first-order chi connectivity index (χ1) is 13.2. The number of nitrogens with zero attached hydrogens (tertiary/aromatic N) is 5. The van der Waals surface area contributed by atoms with Crippen molar-refractivity contribution in [3.8, 4) is 17.0 Å². The number of esters is 1. The van der Waals surface area contributed by atoms with Crippen molar-refractivity contribution in [2.45, 2.75) is 0 Å². The summed E-state index contributed by atoms with van der Waals surface area (Å²) in [6.45, 7) is 0. The van der Waals surface area contributed by atoms with Gasteiger partial charge in [0.2, 0.25) is 10.9 Å². The summed E-state index contributed by atoms with van der Waals surface area (Å²) in [5.41, 5.74) is 2.05. The summed E-state index contributed by atoms with van der Waals surface area (Å²) in [7, 11) is 2.92. The van der Waals surface area contributed by atoms with Crippen LogP contribution in [0, 0.1) is 0 Å². The lowest BCUT2D eigenvalue weighted by Gasteiger charge is -2.02. The molecule has 0 aliphatic rings. The molecule has 27 heavy (non-hydrogen) atoms. The van der Waals surface area contributed by atoms with Crippen LogP contribution in [0.2, 0.25) is 0 Å². The zero-order chi connectivity index (χ0) is 18.8. The Morgan fingerprint density at radius 1 is 1.11 bits per heavy atom. The Kier molecular flexibility index (Phi) is 4.38. The highest BCUT2D eigenvalue weighted by Crippen LogP contribution is 2.27. The van der Waals surface area contributed by atoms with E-state index < -0.39 is 5.97 Å². The van der Waals surface area contributed by atoms with Crippen LogP contribution in [0.15, 0.2) is 41.8 Å². The van der Waals surface area contributed by atoms with Crippen molar-refractivity contribution in [2.75, 3.05) is 19.5 Å². The molecule has 0 bridgehead atoms. The molecule has 0 fully saturated rings. The number of anilines is 2. The van der Waals surface area contributed by atoms with Crippen LogP contribution in [0.1, 0.15) is 10.5 Å². The van der Waals surface area contributed by atoms with E-state index in [9.17, 15) is 4.79 Å². The fourth-order valence-corrected chi connectivity index (χ4v) is 3.25. The minimum atomic E-state index is -0.543. The van der Waals surface area contributed by atoms with Crippen molar-refractivity contribution in [1.82, 2.24) is 24.8 Å². The Labute approximate surface area is 157 Å². The summed E-state index contributed by atoms with van der Waals surface area (Å²) in [5, 5.41) is 17.2. The van der Waals surface area contributed by atoms with E-state index >= 15 is 0 Å². The van der Waals surface area contributed by atoms with Gasteiger partial charge in [-0.1, -0.05) is 0 Å². The van der Waals surface area contributed by atoms with Crippen molar-refractivity contribution < 1.29 is 14.3 Å². The fraction of sp³-hybridized carbons (Fsp3) is 0.118. The van der Waals surface area contributed by atoms with Crippen LogP contribution in [0.25, 0.3) is 16.2 Å². The van der Waals surface area contributed by atoms with E-state index in [0.29, 0.717) is 11.8 Å². The highest BCUT2D eigenvalue weighted by Gasteiger charge is 2.13. The molecule has 0 spiro atoms. The van der Waals surface area contributed by atoms with Gasteiger partial charge in [-0.05, 0) is 36.4 Å². The Bertz CT molecular complexity index is 1090. The predicted octanol–water partition coefficient (Wildman–Crippen LogP) is 2.79. The van der Waals surface area contributed by atoms with E-state index in [1.165, 1.54) is 24.5 Å². The Morgan fingerprint density at radius 2 is 1.93 bits per heavy atom. The van der Waals surface area contributed by atoms with Crippen LogP contribution < -0.4 is 10.1 Å². The number of carbonyl (C=O) groups is 1. The minimum Gasteiger partial charge on any atom is -0.497 e. The van der Waals surface area contributed by atoms with Gasteiger partial charge in [0.1, 0.15) is 5.75 Å². The first kappa shape index (κ1) is 16.9. The lowest BCUT2D eigenvalue weighted by molar-refractivity contribution is 0.0593. The lowest BCUT2D eigenvalue weighted by Crippen LogP contribution is -2.06. The molecule has 4 aromatic rings. The van der Waals surface area contributed by atoms with Crippen LogP contribution in [-0.2, 0) is 4.74 Å². The second-order valence-electron chi connectivity index (χ2n) is 5.40. The van der Waals surface area contributed by atoms with E-state index in [-0.39, 0.29) is 5.69 Å². The number of ether oxygens (including phenoxy) is 2. The number of carbonyl (C=O) groups excluding carboxylic acids is 1. The molecule has 10 heteroatoms. The summed E-state index contributed by atoms with van der Waals surface area (Å²) >= 11 is 1.48. The Hall–Kier alpha value is -3.53. The maximum atomic E-state index is 11.4. The van der Waals surface area contributed by atoms with Gasteiger partial charge in [0.25, 0.3) is 0 Å². The van der Waals surface area contributed by atoms with Crippen LogP contribution in [0.5, 0.6) is 5.75 Å². The molecule has 3 heterocycles. The molecular weight excluding hydrogens is 368 g/mol. The van der Waals surface area contributed by atoms with Gasteiger partial charge in [-0.25, -0.2) is 9.31 Å². The molecule has 0 radical (unpaired) electrons. The highest BCUT2D eigenvalue weighted by atomic mass is 32.1. The van der Waals surface area contributed by atoms with Gasteiger partial charge in [-0.2, -0.15) is 4.98 Å². The molecule has 0 aliphatic heterocycles. The third kappa shape index (κ3) is 3.29. The summed E-state index contributed by atoms with van der Waals surface area (Å²) in [6, 6.07) is 10.8. The molecule has 0 unspecified atom stereocenters. The molecule has 0 aliphatic carbocycles. The average molecular weight is 382 g/mol. The van der Waals surface area contributed by atoms with E-state index in [1.807, 2.05) is 29.6 Å². The van der Waals surface area contributed by atoms with Gasteiger partial charge < -0.3 is 14.8 Å². The average Bonchev–Trinajstić information content (AvgIpc) is 3.28. The maximum absolute atomic E-state index is 11.4. The molecule has 0 saturated heterocycles. The fourth-order valence-electron chi connectivity index (χ4n) is 2.42. The van der Waals surface area contributed by atoms with Crippen LogP contribution in [0.3, 0.4) is 0 Å². The first-order valence-electron chi connectivity index (χ1n) is 7.85. The smallest absolute Gasteiger partial charge is 0.358 e. The summed E-state index contributed by atoms with van der Waals surface area (Å²) < 4.78 is 11.5. The summed E-state index contributed by atoms with van der Waals surface area (Å²) in [5.74, 6) is 1.06. The van der Waals surface area contributed by atoms with Crippen LogP contribution in [-0.4, -0.2) is 45.0 Å². The highest BCUT2D eigenvalue weighted by molar-refractivity contribution is 7.15. The second-order valence-corrected chi connectivity index (χ2v) is 6.24. The van der Waals surface area contributed by atoms with Gasteiger partial charge >= 0.3 is 5.97 Å². The molecule has 0 saturated carbocycles. The SMILES string of the molecule is COC(=O)c1ccc(Nc2nc3scc(-c4ccc(OC)cc4)n3n2)nn1. The van der Waals surface area contributed by atoms with Crippen molar-refractivity contribution >= 4 is 34.0 Å². The van der Waals surface area contributed by atoms with Gasteiger partial charge in [-0.15, -0.1) is 26.6 Å². The van der Waals surface area contributed by atoms with E-state index in [2.05, 4.69) is 30.3 Å². The Balaban J connectivity index is 1.58. The van der Waals surface area contributed by atoms with Gasteiger partial charge in [0, 0.05) is 10.9 Å². The van der Waals surface area contributed by atoms with Gasteiger partial charge in [0.05, 0.1) is 19.9 Å². The number of hydrogen-bond donors (Lipinski definition) is 1. The summed E-state index contributed by atoms with van der Waals surface area (Å²) in [6.07, 6.45) is 0. The number of methoxy groups -OCH3 is 2. The van der Waals surface area contributed by atoms with Crippen molar-refractivity contribution in [3.05, 3.63) is 47.5 Å². The normalized spacial score (nSPS) is 10.7. The standard InChI is InChI=1S/C17H14N6O3S/c1-25-11-5-3-10(4-6-11)13-9-27-17-19-16(22-23(13)17)18-14-8-7-12(20-21-14)15(24)26-2/h3-9H,1-2H3,(H,18,21,22). The summed E-state index contributed by atoms with van der Waals surface area (Å²) in [4.78, 5) is 16.6. The van der Waals surface area contributed by atoms with E-state index in [1.54, 1.807) is 17.7 Å². The molecule has 0 amide bonds. The first-order valence-corrected chi connectivity index (χ1v) is 8.73. The number of thiazole rings is 1. The van der Waals surface area contributed by atoms with Crippen LogP contribution >= 0.6 is 11.3 Å². The lowest BCUT2D eigenvalue weighted by atomic mass is 10.2. The van der Waals surface area contributed by atoms with E-state index in [4.69, 9.17) is 4.74 Å². The number of rotatable bonds is 5. The van der Waals surface area contributed by atoms with Gasteiger partial charge in [0.15, 0.2) is 11.5 Å². The number of benzene rings is 1. The van der Waals surface area contributed by atoms with Crippen molar-refractivity contribution in [2.24, 2.45) is 0 Å². The third-order valence-electron chi connectivity index (χ3n) is 3.77. The maximum Gasteiger partial charge on any atom is 0.358 e. The predicted molar refractivity (Wildman–Crippen MR) is 99.5 cm³/mol. The molecule has 1 aromatic carbocycles. The van der Waals surface area contributed by atoms with Crippen LogP contribution in [0.4, 0.5) is 11.8 Å². The molecule has 0 atom stereocenters. The monoisotopic (exact) mass is 382 g/mol. The number of aromatic nitrogens is 5. The zero-order valence-electron chi connectivity index (χ0n) is 14.4. The number of fused-ring (bicyclic) bond motifs is 1. The molecule has 9 nitrogen and oxygen atoms in total. The molecule has 136 valence electrons. The Morgan fingerprint density at radius 3 is 2.59 bits per heavy atom. The molecular formula is C17H14N6O3S. The van der Waals surface area contributed by atoms with Crippen molar-refractivity contribution in [3.63, 3.8) is 0 Å². The number of hydrogen-bond acceptors (Lipinski definition) is 9.